The van der Waals surface area contributed by atoms with E-state index < -0.39 is 21.7 Å². The second kappa shape index (κ2) is 5.39. The van der Waals surface area contributed by atoms with Crippen LogP contribution in [0.25, 0.3) is 0 Å². The van der Waals surface area contributed by atoms with Crippen LogP contribution in [0.4, 0.5) is 5.69 Å². The average Bonchev–Trinajstić information content (AvgIpc) is 2.82. The van der Waals surface area contributed by atoms with Crippen molar-refractivity contribution < 1.29 is 18.3 Å². The van der Waals surface area contributed by atoms with Gasteiger partial charge in [-0.3, -0.25) is 4.72 Å². The van der Waals surface area contributed by atoms with Gasteiger partial charge in [0.1, 0.15) is 0 Å². The van der Waals surface area contributed by atoms with Crippen LogP contribution < -0.4 is 4.72 Å². The van der Waals surface area contributed by atoms with Crippen LogP contribution in [0.1, 0.15) is 16.1 Å². The summed E-state index contributed by atoms with van der Waals surface area (Å²) in [7, 11) is -4.04. The SMILES string of the molecule is Cc1ccc(NS(=O)(=O)c2scnc2C(=O)O)c(Cl)c1. The second-order valence-corrected chi connectivity index (χ2v) is 7.02. The molecule has 0 fully saturated rings. The van der Waals surface area contributed by atoms with Crippen molar-refractivity contribution in [3.8, 4) is 0 Å². The Bertz CT molecular complexity index is 770. The maximum absolute atomic E-state index is 12.2. The van der Waals surface area contributed by atoms with Crippen LogP contribution in [0.2, 0.25) is 5.02 Å². The quantitative estimate of drug-likeness (QED) is 0.897. The van der Waals surface area contributed by atoms with E-state index in [0.717, 1.165) is 22.4 Å². The van der Waals surface area contributed by atoms with Crippen molar-refractivity contribution in [1.82, 2.24) is 4.98 Å². The molecule has 0 spiro atoms. The standard InChI is InChI=1S/C11H9ClN2O4S2/c1-6-2-3-8(7(12)4-6)14-20(17,18)11-9(10(15)16)13-5-19-11/h2-5,14H,1H3,(H,15,16). The van der Waals surface area contributed by atoms with E-state index in [4.69, 9.17) is 16.7 Å². The molecule has 1 heterocycles. The number of hydrogen-bond donors (Lipinski definition) is 2. The second-order valence-electron chi connectivity index (χ2n) is 3.88. The van der Waals surface area contributed by atoms with Gasteiger partial charge in [-0.25, -0.2) is 18.2 Å². The van der Waals surface area contributed by atoms with Crippen molar-refractivity contribution in [3.05, 3.63) is 40.0 Å². The number of carboxylic acids is 1. The van der Waals surface area contributed by atoms with Crippen LogP contribution in [0.5, 0.6) is 0 Å². The molecule has 0 aliphatic carbocycles. The molecule has 9 heteroatoms. The maximum atomic E-state index is 12.2. The Balaban J connectivity index is 2.41. The number of anilines is 1. The first-order valence-electron chi connectivity index (χ1n) is 5.27. The number of carbonyl (C=O) groups is 1. The van der Waals surface area contributed by atoms with Gasteiger partial charge in [-0.15, -0.1) is 11.3 Å². The van der Waals surface area contributed by atoms with Crippen LogP contribution in [0.15, 0.2) is 27.9 Å². The molecule has 0 unspecified atom stereocenters. The van der Waals surface area contributed by atoms with Crippen molar-refractivity contribution in [2.45, 2.75) is 11.1 Å². The minimum Gasteiger partial charge on any atom is -0.476 e. The number of thiazole rings is 1. The molecule has 106 valence electrons. The van der Waals surface area contributed by atoms with Crippen LogP contribution in [0.3, 0.4) is 0 Å². The number of sulfonamides is 1. The zero-order valence-electron chi connectivity index (χ0n) is 10.1. The van der Waals surface area contributed by atoms with E-state index in [2.05, 4.69) is 9.71 Å². The molecule has 0 atom stereocenters. The minimum atomic E-state index is -4.04. The number of aryl methyl sites for hydroxylation is 1. The van der Waals surface area contributed by atoms with Crippen molar-refractivity contribution in [2.75, 3.05) is 4.72 Å². The van der Waals surface area contributed by atoms with E-state index in [1.807, 2.05) is 6.92 Å². The fourth-order valence-electron chi connectivity index (χ4n) is 1.46. The lowest BCUT2D eigenvalue weighted by Gasteiger charge is -2.09. The molecule has 6 nitrogen and oxygen atoms in total. The van der Waals surface area contributed by atoms with Gasteiger partial charge in [0.25, 0.3) is 10.0 Å². The molecule has 0 aliphatic rings. The Morgan fingerprint density at radius 1 is 1.45 bits per heavy atom. The van der Waals surface area contributed by atoms with Crippen molar-refractivity contribution >= 4 is 44.6 Å². The summed E-state index contributed by atoms with van der Waals surface area (Å²) in [6, 6.07) is 4.80. The number of carboxylic acid groups (broad SMARTS) is 1. The fraction of sp³-hybridized carbons (Fsp3) is 0.0909. The average molecular weight is 333 g/mol. The molecule has 0 bridgehead atoms. The summed E-state index contributed by atoms with van der Waals surface area (Å²) in [4.78, 5) is 14.4. The number of benzene rings is 1. The van der Waals surface area contributed by atoms with Crippen LogP contribution in [-0.4, -0.2) is 24.5 Å². The molecule has 2 N–H and O–H groups in total. The highest BCUT2D eigenvalue weighted by atomic mass is 35.5. The Labute approximate surface area is 124 Å². The van der Waals surface area contributed by atoms with Crippen molar-refractivity contribution in [3.63, 3.8) is 0 Å². The van der Waals surface area contributed by atoms with E-state index in [1.165, 1.54) is 6.07 Å². The van der Waals surface area contributed by atoms with E-state index in [9.17, 15) is 13.2 Å². The number of hydrogen-bond acceptors (Lipinski definition) is 5. The van der Waals surface area contributed by atoms with Gasteiger partial charge >= 0.3 is 5.97 Å². The highest BCUT2D eigenvalue weighted by Crippen LogP contribution is 2.28. The molecule has 1 aromatic carbocycles. The summed E-state index contributed by atoms with van der Waals surface area (Å²) < 4.78 is 26.2. The van der Waals surface area contributed by atoms with Gasteiger partial charge in [0.05, 0.1) is 16.2 Å². The molecule has 20 heavy (non-hydrogen) atoms. The smallest absolute Gasteiger partial charge is 0.356 e. The first-order valence-corrected chi connectivity index (χ1v) is 8.01. The van der Waals surface area contributed by atoms with Gasteiger partial charge in [-0.1, -0.05) is 17.7 Å². The molecule has 0 saturated carbocycles. The van der Waals surface area contributed by atoms with E-state index in [-0.39, 0.29) is 14.9 Å². The summed E-state index contributed by atoms with van der Waals surface area (Å²) in [5.74, 6) is -1.40. The van der Waals surface area contributed by atoms with Crippen LogP contribution in [0, 0.1) is 6.92 Å². The first kappa shape index (κ1) is 14.8. The van der Waals surface area contributed by atoms with Gasteiger partial charge in [0.2, 0.25) is 0 Å². The third kappa shape index (κ3) is 2.92. The molecular formula is C11H9ClN2O4S2. The molecule has 0 saturated heterocycles. The molecule has 1 aromatic heterocycles. The lowest BCUT2D eigenvalue weighted by atomic mass is 10.2. The minimum absolute atomic E-state index is 0.182. The Morgan fingerprint density at radius 2 is 2.15 bits per heavy atom. The largest absolute Gasteiger partial charge is 0.476 e. The summed E-state index contributed by atoms with van der Waals surface area (Å²) in [6.45, 7) is 1.82. The third-order valence-corrected chi connectivity index (χ3v) is 5.40. The van der Waals surface area contributed by atoms with Gasteiger partial charge in [-0.2, -0.15) is 0 Å². The van der Waals surface area contributed by atoms with Gasteiger partial charge in [-0.05, 0) is 24.6 Å². The van der Waals surface area contributed by atoms with E-state index >= 15 is 0 Å². The summed E-state index contributed by atoms with van der Waals surface area (Å²) in [5.41, 5.74) is 1.71. The lowest BCUT2D eigenvalue weighted by Crippen LogP contribution is -2.15. The summed E-state index contributed by atoms with van der Waals surface area (Å²) in [6.07, 6.45) is 0. The molecule has 0 amide bonds. The number of aromatic nitrogens is 1. The predicted molar refractivity (Wildman–Crippen MR) is 76.1 cm³/mol. The molecule has 2 rings (SSSR count). The highest BCUT2D eigenvalue weighted by molar-refractivity contribution is 7.94. The normalized spacial score (nSPS) is 11.3. The maximum Gasteiger partial charge on any atom is 0.356 e. The monoisotopic (exact) mass is 332 g/mol. The number of halogens is 1. The number of rotatable bonds is 4. The zero-order chi connectivity index (χ0) is 14.9. The van der Waals surface area contributed by atoms with Crippen LogP contribution >= 0.6 is 22.9 Å². The lowest BCUT2D eigenvalue weighted by molar-refractivity contribution is 0.0687. The van der Waals surface area contributed by atoms with E-state index in [1.54, 1.807) is 12.1 Å². The summed E-state index contributed by atoms with van der Waals surface area (Å²) in [5, 5.41) is 9.13. The highest BCUT2D eigenvalue weighted by Gasteiger charge is 2.26. The first-order chi connectivity index (χ1) is 9.31. The Kier molecular flexibility index (Phi) is 3.98. The zero-order valence-corrected chi connectivity index (χ0v) is 12.5. The molecule has 2 aromatic rings. The van der Waals surface area contributed by atoms with Crippen molar-refractivity contribution in [2.24, 2.45) is 0 Å². The van der Waals surface area contributed by atoms with Gasteiger partial charge in [0, 0.05) is 0 Å². The Hall–Kier alpha value is -1.64. The van der Waals surface area contributed by atoms with Crippen molar-refractivity contribution in [1.29, 1.82) is 0 Å². The topological polar surface area (TPSA) is 96.4 Å². The fourth-order valence-corrected chi connectivity index (χ4v) is 4.02. The predicted octanol–water partition coefficient (Wildman–Crippen LogP) is 2.60. The third-order valence-electron chi connectivity index (χ3n) is 2.35. The number of aromatic carboxylic acids is 1. The summed E-state index contributed by atoms with van der Waals surface area (Å²) >= 11 is 6.67. The van der Waals surface area contributed by atoms with Gasteiger partial charge < -0.3 is 5.11 Å². The molecule has 0 radical (unpaired) electrons. The van der Waals surface area contributed by atoms with Gasteiger partial charge in [0.15, 0.2) is 9.90 Å². The number of nitrogens with one attached hydrogen (secondary N) is 1. The van der Waals surface area contributed by atoms with E-state index in [0.29, 0.717) is 0 Å². The Morgan fingerprint density at radius 3 is 2.75 bits per heavy atom. The molecular weight excluding hydrogens is 324 g/mol. The van der Waals surface area contributed by atoms with Crippen LogP contribution in [-0.2, 0) is 10.0 Å². The molecule has 0 aliphatic heterocycles. The number of nitrogens with zero attached hydrogens (tertiary/aromatic N) is 1.